The Bertz CT molecular complexity index is 794. The number of benzene rings is 1. The second kappa shape index (κ2) is 5.37. The standard InChI is InChI=1S/C13H15BrClN3O2S/c1-8-7-9(14)5-6-10(8)11-16-17-12(21(15,19)20)18(11)13(2,3)4/h5-7H,1-4H3. The van der Waals surface area contributed by atoms with Crippen LogP contribution in [0.4, 0.5) is 0 Å². The van der Waals surface area contributed by atoms with Crippen molar-refractivity contribution in [3.8, 4) is 11.4 Å². The summed E-state index contributed by atoms with van der Waals surface area (Å²) in [5.74, 6) is 0.478. The molecular formula is C13H15BrClN3O2S. The molecule has 0 fully saturated rings. The molecule has 2 rings (SSSR count). The van der Waals surface area contributed by atoms with E-state index in [0.717, 1.165) is 15.6 Å². The summed E-state index contributed by atoms with van der Waals surface area (Å²) in [4.78, 5) is 0. The van der Waals surface area contributed by atoms with Crippen LogP contribution in [0, 0.1) is 6.92 Å². The first kappa shape index (κ1) is 16.5. The van der Waals surface area contributed by atoms with Crippen LogP contribution in [0.15, 0.2) is 27.8 Å². The molecule has 8 heteroatoms. The van der Waals surface area contributed by atoms with Crippen LogP contribution in [0.1, 0.15) is 26.3 Å². The van der Waals surface area contributed by atoms with E-state index in [9.17, 15) is 8.42 Å². The lowest BCUT2D eigenvalue weighted by molar-refractivity contribution is 0.367. The Labute approximate surface area is 136 Å². The van der Waals surface area contributed by atoms with Gasteiger partial charge in [-0.1, -0.05) is 15.9 Å². The average Bonchev–Trinajstić information content (AvgIpc) is 2.72. The third kappa shape index (κ3) is 3.30. The normalized spacial score (nSPS) is 12.7. The lowest BCUT2D eigenvalue weighted by atomic mass is 10.1. The van der Waals surface area contributed by atoms with Crippen LogP contribution in [0.3, 0.4) is 0 Å². The fourth-order valence-corrected chi connectivity index (χ4v) is 3.58. The van der Waals surface area contributed by atoms with E-state index in [2.05, 4.69) is 26.1 Å². The van der Waals surface area contributed by atoms with Gasteiger partial charge < -0.3 is 0 Å². The molecule has 1 heterocycles. The maximum absolute atomic E-state index is 11.7. The van der Waals surface area contributed by atoms with Crippen LogP contribution in [-0.4, -0.2) is 23.2 Å². The van der Waals surface area contributed by atoms with Crippen LogP contribution < -0.4 is 0 Å². The fraction of sp³-hybridized carbons (Fsp3) is 0.385. The first-order valence-electron chi connectivity index (χ1n) is 6.19. The zero-order chi connectivity index (χ0) is 16.0. The number of nitrogens with zero attached hydrogens (tertiary/aromatic N) is 3. The van der Waals surface area contributed by atoms with Crippen molar-refractivity contribution in [2.45, 2.75) is 38.4 Å². The second-order valence-electron chi connectivity index (χ2n) is 5.71. The molecule has 0 aliphatic heterocycles. The Kier molecular flexibility index (Phi) is 4.21. The maximum Gasteiger partial charge on any atom is 0.296 e. The number of rotatable bonds is 2. The summed E-state index contributed by atoms with van der Waals surface area (Å²) in [5, 5.41) is 7.58. The highest BCUT2D eigenvalue weighted by Crippen LogP contribution is 2.31. The number of aromatic nitrogens is 3. The minimum Gasteiger partial charge on any atom is -0.291 e. The van der Waals surface area contributed by atoms with Crippen molar-refractivity contribution < 1.29 is 8.42 Å². The predicted octanol–water partition coefficient (Wildman–Crippen LogP) is 3.70. The van der Waals surface area contributed by atoms with Crippen molar-refractivity contribution in [2.24, 2.45) is 0 Å². The minimum absolute atomic E-state index is 0.242. The van der Waals surface area contributed by atoms with Crippen LogP contribution in [0.5, 0.6) is 0 Å². The minimum atomic E-state index is -3.97. The van der Waals surface area contributed by atoms with Crippen LogP contribution >= 0.6 is 26.6 Å². The smallest absolute Gasteiger partial charge is 0.291 e. The number of hydrogen-bond donors (Lipinski definition) is 0. The highest BCUT2D eigenvalue weighted by Gasteiger charge is 2.30. The second-order valence-corrected chi connectivity index (χ2v) is 9.08. The molecule has 0 unspecified atom stereocenters. The van der Waals surface area contributed by atoms with E-state index in [1.54, 1.807) is 4.57 Å². The molecule has 0 N–H and O–H groups in total. The quantitative estimate of drug-likeness (QED) is 0.731. The maximum atomic E-state index is 11.7. The summed E-state index contributed by atoms with van der Waals surface area (Å²) >= 11 is 3.40. The summed E-state index contributed by atoms with van der Waals surface area (Å²) in [5.41, 5.74) is 1.24. The van der Waals surface area contributed by atoms with Crippen molar-refractivity contribution in [1.82, 2.24) is 14.8 Å². The van der Waals surface area contributed by atoms with E-state index < -0.39 is 14.6 Å². The van der Waals surface area contributed by atoms with Crippen molar-refractivity contribution in [2.75, 3.05) is 0 Å². The van der Waals surface area contributed by atoms with E-state index in [4.69, 9.17) is 10.7 Å². The number of hydrogen-bond acceptors (Lipinski definition) is 4. The van der Waals surface area contributed by atoms with Gasteiger partial charge in [-0.2, -0.15) is 0 Å². The lowest BCUT2D eigenvalue weighted by Crippen LogP contribution is -2.26. The van der Waals surface area contributed by atoms with Gasteiger partial charge in [0, 0.05) is 26.3 Å². The van der Waals surface area contributed by atoms with Crippen molar-refractivity contribution in [3.05, 3.63) is 28.2 Å². The first-order chi connectivity index (χ1) is 9.51. The summed E-state index contributed by atoms with van der Waals surface area (Å²) in [7, 11) is 1.50. The predicted molar refractivity (Wildman–Crippen MR) is 85.9 cm³/mol. The molecule has 0 aliphatic rings. The van der Waals surface area contributed by atoms with Gasteiger partial charge in [-0.15, -0.1) is 10.2 Å². The Morgan fingerprint density at radius 3 is 2.33 bits per heavy atom. The lowest BCUT2D eigenvalue weighted by Gasteiger charge is -2.24. The molecule has 1 aromatic heterocycles. The van der Waals surface area contributed by atoms with Crippen molar-refractivity contribution in [3.63, 3.8) is 0 Å². The first-order valence-corrected chi connectivity index (χ1v) is 9.29. The molecule has 0 amide bonds. The van der Waals surface area contributed by atoms with Gasteiger partial charge in [0.05, 0.1) is 0 Å². The molecule has 0 aliphatic carbocycles. The SMILES string of the molecule is Cc1cc(Br)ccc1-c1nnc(S(=O)(=O)Cl)n1C(C)(C)C. The molecule has 21 heavy (non-hydrogen) atoms. The Morgan fingerprint density at radius 1 is 1.24 bits per heavy atom. The molecule has 114 valence electrons. The van der Waals surface area contributed by atoms with Gasteiger partial charge in [-0.05, 0) is 51.5 Å². The molecule has 0 saturated heterocycles. The van der Waals surface area contributed by atoms with Crippen LogP contribution in [-0.2, 0) is 14.6 Å². The van der Waals surface area contributed by atoms with E-state index in [1.807, 2.05) is 45.9 Å². The molecule has 2 aromatic rings. The molecule has 5 nitrogen and oxygen atoms in total. The Hall–Kier alpha value is -0.920. The summed E-state index contributed by atoms with van der Waals surface area (Å²) in [6, 6.07) is 5.68. The molecule has 0 saturated carbocycles. The zero-order valence-corrected chi connectivity index (χ0v) is 15.2. The molecule has 0 radical (unpaired) electrons. The monoisotopic (exact) mass is 391 g/mol. The summed E-state index contributed by atoms with van der Waals surface area (Å²) in [6.45, 7) is 7.55. The van der Waals surface area contributed by atoms with E-state index >= 15 is 0 Å². The molecule has 1 aromatic carbocycles. The number of halogens is 2. The number of aryl methyl sites for hydroxylation is 1. The van der Waals surface area contributed by atoms with Crippen molar-refractivity contribution in [1.29, 1.82) is 0 Å². The van der Waals surface area contributed by atoms with Crippen LogP contribution in [0.2, 0.25) is 0 Å². The van der Waals surface area contributed by atoms with Gasteiger partial charge in [0.2, 0.25) is 0 Å². The summed E-state index contributed by atoms with van der Waals surface area (Å²) < 4.78 is 25.9. The van der Waals surface area contributed by atoms with Gasteiger partial charge in [-0.3, -0.25) is 4.57 Å². The largest absolute Gasteiger partial charge is 0.296 e. The molecular weight excluding hydrogens is 378 g/mol. The molecule has 0 bridgehead atoms. The third-order valence-electron chi connectivity index (χ3n) is 2.95. The fourth-order valence-electron chi connectivity index (χ4n) is 2.08. The van der Waals surface area contributed by atoms with E-state index in [0.29, 0.717) is 5.82 Å². The van der Waals surface area contributed by atoms with Gasteiger partial charge >= 0.3 is 0 Å². The van der Waals surface area contributed by atoms with Gasteiger partial charge in [0.25, 0.3) is 14.2 Å². The van der Waals surface area contributed by atoms with Gasteiger partial charge in [-0.25, -0.2) is 8.42 Å². The highest BCUT2D eigenvalue weighted by atomic mass is 79.9. The third-order valence-corrected chi connectivity index (χ3v) is 4.56. The highest BCUT2D eigenvalue weighted by molar-refractivity contribution is 9.10. The zero-order valence-electron chi connectivity index (χ0n) is 12.1. The van der Waals surface area contributed by atoms with E-state index in [-0.39, 0.29) is 5.16 Å². The molecule has 0 atom stereocenters. The Morgan fingerprint density at radius 2 is 1.86 bits per heavy atom. The summed E-state index contributed by atoms with van der Waals surface area (Å²) in [6.07, 6.45) is 0. The average molecular weight is 393 g/mol. The Balaban J connectivity index is 2.80. The van der Waals surface area contributed by atoms with Crippen molar-refractivity contribution >= 4 is 35.7 Å². The van der Waals surface area contributed by atoms with Gasteiger partial charge in [0.15, 0.2) is 5.82 Å². The van der Waals surface area contributed by atoms with Crippen LogP contribution in [0.25, 0.3) is 11.4 Å². The van der Waals surface area contributed by atoms with Gasteiger partial charge in [0.1, 0.15) is 0 Å². The molecule has 0 spiro atoms. The topological polar surface area (TPSA) is 64.8 Å². The van der Waals surface area contributed by atoms with E-state index in [1.165, 1.54) is 0 Å².